The molecule has 2 heterocycles. The second-order valence-electron chi connectivity index (χ2n) is 6.76. The fourth-order valence-corrected chi connectivity index (χ4v) is 3.93. The minimum absolute atomic E-state index is 0. The number of para-hydroxylation sites is 2. The zero-order valence-electron chi connectivity index (χ0n) is 13.8. The van der Waals surface area contributed by atoms with Crippen LogP contribution < -0.4 is 10.6 Å². The number of amides is 1. The number of carbonyl (C=O) groups is 1. The van der Waals surface area contributed by atoms with Crippen LogP contribution in [0.15, 0.2) is 24.3 Å². The fourth-order valence-electron chi connectivity index (χ4n) is 3.93. The first kappa shape index (κ1) is 17.2. The summed E-state index contributed by atoms with van der Waals surface area (Å²) in [4.78, 5) is 17.2. The Labute approximate surface area is 148 Å². The number of imidazole rings is 1. The van der Waals surface area contributed by atoms with Crippen LogP contribution in [0, 0.1) is 5.92 Å². The van der Waals surface area contributed by atoms with E-state index in [2.05, 4.69) is 27.3 Å². The number of fused-ring (bicyclic) bond motifs is 1. The molecular weight excluding hydrogens is 324 g/mol. The maximum absolute atomic E-state index is 12.5. The lowest BCUT2D eigenvalue weighted by Crippen LogP contribution is -2.27. The normalized spacial score (nSPS) is 21.6. The van der Waals surface area contributed by atoms with Gasteiger partial charge in [0.1, 0.15) is 0 Å². The average Bonchev–Trinajstić information content (AvgIpc) is 3.23. The van der Waals surface area contributed by atoms with Gasteiger partial charge < -0.3 is 9.88 Å². The number of anilines is 1. The molecule has 1 atom stereocenters. The van der Waals surface area contributed by atoms with E-state index in [-0.39, 0.29) is 24.2 Å². The van der Waals surface area contributed by atoms with E-state index in [9.17, 15) is 4.79 Å². The second kappa shape index (κ2) is 7.53. The van der Waals surface area contributed by atoms with Crippen LogP contribution in [0.3, 0.4) is 0 Å². The lowest BCUT2D eigenvalue weighted by Gasteiger charge is -2.25. The molecule has 0 bridgehead atoms. The van der Waals surface area contributed by atoms with Gasteiger partial charge in [-0.3, -0.25) is 10.1 Å². The van der Waals surface area contributed by atoms with Gasteiger partial charge in [-0.05, 0) is 37.9 Å². The molecule has 2 aromatic rings. The Morgan fingerprint density at radius 2 is 1.96 bits per heavy atom. The van der Waals surface area contributed by atoms with Crippen LogP contribution in [-0.4, -0.2) is 28.5 Å². The molecule has 1 unspecified atom stereocenters. The van der Waals surface area contributed by atoms with Crippen molar-refractivity contribution in [3.8, 4) is 0 Å². The molecule has 1 aliphatic heterocycles. The molecule has 1 aromatic carbocycles. The Kier molecular flexibility index (Phi) is 5.41. The highest BCUT2D eigenvalue weighted by Gasteiger charge is 2.26. The number of benzene rings is 1. The van der Waals surface area contributed by atoms with Gasteiger partial charge in [-0.15, -0.1) is 12.4 Å². The predicted octanol–water partition coefficient (Wildman–Crippen LogP) is 3.51. The van der Waals surface area contributed by atoms with E-state index >= 15 is 0 Å². The summed E-state index contributed by atoms with van der Waals surface area (Å²) in [7, 11) is 0. The summed E-state index contributed by atoms with van der Waals surface area (Å²) < 4.78 is 2.27. The van der Waals surface area contributed by atoms with Gasteiger partial charge >= 0.3 is 0 Å². The molecule has 5 nitrogen and oxygen atoms in total. The first-order chi connectivity index (χ1) is 11.3. The predicted molar refractivity (Wildman–Crippen MR) is 98.7 cm³/mol. The van der Waals surface area contributed by atoms with Crippen LogP contribution in [0.25, 0.3) is 11.0 Å². The van der Waals surface area contributed by atoms with E-state index in [1.165, 1.54) is 32.1 Å². The summed E-state index contributed by atoms with van der Waals surface area (Å²) >= 11 is 0. The van der Waals surface area contributed by atoms with Crippen molar-refractivity contribution in [1.82, 2.24) is 14.9 Å². The third-order valence-corrected chi connectivity index (χ3v) is 5.20. The highest BCUT2D eigenvalue weighted by atomic mass is 35.5. The van der Waals surface area contributed by atoms with Crippen LogP contribution in [0.1, 0.15) is 44.6 Å². The van der Waals surface area contributed by atoms with Gasteiger partial charge in [0.2, 0.25) is 11.9 Å². The van der Waals surface area contributed by atoms with E-state index in [0.717, 1.165) is 36.5 Å². The van der Waals surface area contributed by atoms with Crippen LogP contribution in [0.4, 0.5) is 5.95 Å². The molecule has 1 aromatic heterocycles. The van der Waals surface area contributed by atoms with Crippen molar-refractivity contribution in [2.24, 2.45) is 5.92 Å². The average molecular weight is 349 g/mol. The second-order valence-corrected chi connectivity index (χ2v) is 6.76. The van der Waals surface area contributed by atoms with Crippen molar-refractivity contribution in [2.45, 2.75) is 44.6 Å². The number of carbonyl (C=O) groups excluding carboxylic acids is 1. The van der Waals surface area contributed by atoms with E-state index in [4.69, 9.17) is 4.98 Å². The number of nitrogens with one attached hydrogen (secondary N) is 2. The Bertz CT molecular complexity index is 702. The van der Waals surface area contributed by atoms with Gasteiger partial charge in [0.25, 0.3) is 0 Å². The number of hydrogen-bond acceptors (Lipinski definition) is 3. The van der Waals surface area contributed by atoms with E-state index in [0.29, 0.717) is 6.04 Å². The largest absolute Gasteiger partial charge is 0.316 e. The molecule has 4 rings (SSSR count). The van der Waals surface area contributed by atoms with Gasteiger partial charge in [-0.2, -0.15) is 0 Å². The summed E-state index contributed by atoms with van der Waals surface area (Å²) in [5.74, 6) is 0.895. The van der Waals surface area contributed by atoms with Crippen LogP contribution in [0.5, 0.6) is 0 Å². The number of rotatable bonds is 3. The Hall–Kier alpha value is -1.59. The van der Waals surface area contributed by atoms with Crippen molar-refractivity contribution in [2.75, 3.05) is 18.4 Å². The molecule has 1 amide bonds. The van der Waals surface area contributed by atoms with Crippen molar-refractivity contribution in [1.29, 1.82) is 0 Å². The topological polar surface area (TPSA) is 59.0 Å². The van der Waals surface area contributed by atoms with E-state index in [1.807, 2.05) is 12.1 Å². The number of halogens is 1. The Morgan fingerprint density at radius 1 is 1.17 bits per heavy atom. The first-order valence-corrected chi connectivity index (χ1v) is 8.81. The van der Waals surface area contributed by atoms with Crippen molar-refractivity contribution in [3.05, 3.63) is 24.3 Å². The van der Waals surface area contributed by atoms with E-state index in [1.54, 1.807) is 0 Å². The van der Waals surface area contributed by atoms with E-state index < -0.39 is 0 Å². The number of nitrogens with zero attached hydrogens (tertiary/aromatic N) is 2. The molecule has 2 fully saturated rings. The highest BCUT2D eigenvalue weighted by molar-refractivity contribution is 5.93. The molecule has 2 aliphatic rings. The van der Waals surface area contributed by atoms with Gasteiger partial charge in [0, 0.05) is 12.6 Å². The summed E-state index contributed by atoms with van der Waals surface area (Å²) in [5.41, 5.74) is 2.11. The molecule has 0 radical (unpaired) electrons. The maximum Gasteiger partial charge on any atom is 0.231 e. The van der Waals surface area contributed by atoms with Gasteiger partial charge in [-0.1, -0.05) is 31.4 Å². The lowest BCUT2D eigenvalue weighted by molar-refractivity contribution is -0.119. The minimum Gasteiger partial charge on any atom is -0.316 e. The summed E-state index contributed by atoms with van der Waals surface area (Å²) in [6.07, 6.45) is 7.10. The maximum atomic E-state index is 12.5. The van der Waals surface area contributed by atoms with Crippen molar-refractivity contribution >= 4 is 35.3 Å². The molecule has 130 valence electrons. The molecular formula is C18H25ClN4O. The number of aromatic nitrogens is 2. The first-order valence-electron chi connectivity index (χ1n) is 8.81. The molecule has 6 heteroatoms. The molecule has 1 aliphatic carbocycles. The molecule has 0 spiro atoms. The third kappa shape index (κ3) is 3.28. The van der Waals surface area contributed by atoms with Gasteiger partial charge in [0.05, 0.1) is 17.0 Å². The standard InChI is InChI=1S/C18H24N4O.ClH/c23-17(13-10-11-19-12-13)21-18-20-15-8-4-5-9-16(15)22(18)14-6-2-1-3-7-14;/h4-5,8-9,13-14,19H,1-3,6-7,10-12H2,(H,20,21,23);1H. The van der Waals surface area contributed by atoms with Crippen molar-refractivity contribution in [3.63, 3.8) is 0 Å². The Morgan fingerprint density at radius 3 is 2.71 bits per heavy atom. The van der Waals surface area contributed by atoms with Gasteiger partial charge in [-0.25, -0.2) is 4.98 Å². The van der Waals surface area contributed by atoms with Crippen LogP contribution in [0.2, 0.25) is 0 Å². The van der Waals surface area contributed by atoms with Crippen LogP contribution in [-0.2, 0) is 4.79 Å². The van der Waals surface area contributed by atoms with Gasteiger partial charge in [0.15, 0.2) is 0 Å². The lowest BCUT2D eigenvalue weighted by atomic mass is 9.95. The monoisotopic (exact) mass is 348 g/mol. The molecule has 1 saturated carbocycles. The smallest absolute Gasteiger partial charge is 0.231 e. The zero-order chi connectivity index (χ0) is 15.6. The SMILES string of the molecule is Cl.O=C(Nc1nc2ccccc2n1C1CCCCC1)C1CCNC1. The molecule has 24 heavy (non-hydrogen) atoms. The Balaban J connectivity index is 0.00000169. The van der Waals surface area contributed by atoms with Crippen molar-refractivity contribution < 1.29 is 4.79 Å². The summed E-state index contributed by atoms with van der Waals surface area (Å²) in [5, 5.41) is 6.37. The quantitative estimate of drug-likeness (QED) is 0.892. The minimum atomic E-state index is 0. The zero-order valence-corrected chi connectivity index (χ0v) is 14.6. The van der Waals surface area contributed by atoms with Crippen LogP contribution >= 0.6 is 12.4 Å². The summed E-state index contributed by atoms with van der Waals surface area (Å²) in [6, 6.07) is 8.65. The molecule has 1 saturated heterocycles. The third-order valence-electron chi connectivity index (χ3n) is 5.20. The summed E-state index contributed by atoms with van der Waals surface area (Å²) in [6.45, 7) is 1.70. The highest BCUT2D eigenvalue weighted by Crippen LogP contribution is 2.34. The number of hydrogen-bond donors (Lipinski definition) is 2. The fraction of sp³-hybridized carbons (Fsp3) is 0.556. The molecule has 2 N–H and O–H groups in total.